The molecule has 7 heteroatoms. The average molecular weight is 452 g/mol. The summed E-state index contributed by atoms with van der Waals surface area (Å²) in [6.07, 6.45) is 3.37. The Hall–Kier alpha value is -2.80. The summed E-state index contributed by atoms with van der Waals surface area (Å²) in [4.78, 5) is 30.9. The van der Waals surface area contributed by atoms with Crippen LogP contribution in [0.15, 0.2) is 58.5 Å². The van der Waals surface area contributed by atoms with Crippen molar-refractivity contribution in [1.82, 2.24) is 14.9 Å². The van der Waals surface area contributed by atoms with Gasteiger partial charge < -0.3 is 10.1 Å². The molecule has 1 aliphatic rings. The summed E-state index contributed by atoms with van der Waals surface area (Å²) in [5.41, 5.74) is 1.04. The predicted octanol–water partition coefficient (Wildman–Crippen LogP) is 4.43. The van der Waals surface area contributed by atoms with Crippen LogP contribution in [0.5, 0.6) is 5.75 Å². The number of aromatic nitrogens is 2. The smallest absolute Gasteiger partial charge is 0.266 e. The van der Waals surface area contributed by atoms with Crippen molar-refractivity contribution < 1.29 is 9.53 Å². The Labute approximate surface area is 192 Å². The van der Waals surface area contributed by atoms with E-state index < -0.39 is 0 Å². The van der Waals surface area contributed by atoms with Gasteiger partial charge in [-0.3, -0.25) is 14.2 Å². The van der Waals surface area contributed by atoms with Gasteiger partial charge in [-0.25, -0.2) is 4.98 Å². The monoisotopic (exact) mass is 451 g/mol. The zero-order valence-corrected chi connectivity index (χ0v) is 19.5. The number of rotatable bonds is 6. The second-order valence-corrected chi connectivity index (χ2v) is 9.40. The van der Waals surface area contributed by atoms with Crippen LogP contribution in [0.25, 0.3) is 16.6 Å². The normalized spacial score (nSPS) is 20.8. The highest BCUT2D eigenvalue weighted by atomic mass is 32.2. The molecule has 1 aromatic heterocycles. The SMILES string of the molecule is COc1ccccc1-n1c(SCC(=O)N[C@H]2CCC[C@H](C)[C@H]2C)nc2ccccc2c1=O. The Bertz CT molecular complexity index is 1180. The molecule has 6 nitrogen and oxygen atoms in total. The minimum absolute atomic E-state index is 0.0325. The van der Waals surface area contributed by atoms with Crippen molar-refractivity contribution in [2.75, 3.05) is 12.9 Å². The number of hydrogen-bond donors (Lipinski definition) is 1. The van der Waals surface area contributed by atoms with E-state index in [0.29, 0.717) is 39.3 Å². The number of para-hydroxylation sites is 3. The third-order valence-electron chi connectivity index (χ3n) is 6.46. The third-order valence-corrected chi connectivity index (χ3v) is 7.40. The molecule has 0 bridgehead atoms. The molecule has 0 saturated heterocycles. The quantitative estimate of drug-likeness (QED) is 0.443. The van der Waals surface area contributed by atoms with Crippen molar-refractivity contribution in [1.29, 1.82) is 0 Å². The van der Waals surface area contributed by atoms with Crippen LogP contribution in [0.4, 0.5) is 0 Å². The molecule has 32 heavy (non-hydrogen) atoms. The van der Waals surface area contributed by atoms with Crippen LogP contribution < -0.4 is 15.6 Å². The molecular weight excluding hydrogens is 422 g/mol. The van der Waals surface area contributed by atoms with E-state index in [2.05, 4.69) is 19.2 Å². The molecule has 168 valence electrons. The highest BCUT2D eigenvalue weighted by molar-refractivity contribution is 7.99. The molecule has 1 heterocycles. The largest absolute Gasteiger partial charge is 0.495 e. The van der Waals surface area contributed by atoms with Gasteiger partial charge in [0.2, 0.25) is 5.91 Å². The van der Waals surface area contributed by atoms with Crippen LogP contribution in [0.1, 0.15) is 33.1 Å². The van der Waals surface area contributed by atoms with Crippen molar-refractivity contribution in [2.45, 2.75) is 44.3 Å². The maximum Gasteiger partial charge on any atom is 0.266 e. The van der Waals surface area contributed by atoms with E-state index in [0.717, 1.165) is 12.8 Å². The predicted molar refractivity (Wildman–Crippen MR) is 129 cm³/mol. The molecule has 0 spiro atoms. The summed E-state index contributed by atoms with van der Waals surface area (Å²) in [6, 6.07) is 14.8. The lowest BCUT2D eigenvalue weighted by Crippen LogP contribution is -2.44. The maximum absolute atomic E-state index is 13.4. The van der Waals surface area contributed by atoms with Crippen LogP contribution in [-0.4, -0.2) is 34.4 Å². The van der Waals surface area contributed by atoms with Crippen LogP contribution >= 0.6 is 11.8 Å². The first-order chi connectivity index (χ1) is 15.5. The number of carbonyl (C=O) groups is 1. The summed E-state index contributed by atoms with van der Waals surface area (Å²) in [5.74, 6) is 1.80. The van der Waals surface area contributed by atoms with Gasteiger partial charge in [-0.1, -0.05) is 62.7 Å². The second-order valence-electron chi connectivity index (χ2n) is 8.45. The van der Waals surface area contributed by atoms with E-state index in [-0.39, 0.29) is 23.3 Å². The Morgan fingerprint density at radius 2 is 1.91 bits per heavy atom. The van der Waals surface area contributed by atoms with Crippen molar-refractivity contribution in [2.24, 2.45) is 11.8 Å². The topological polar surface area (TPSA) is 73.2 Å². The fourth-order valence-corrected chi connectivity index (χ4v) is 5.22. The second kappa shape index (κ2) is 9.77. The number of carbonyl (C=O) groups excluding carboxylic acids is 1. The summed E-state index contributed by atoms with van der Waals surface area (Å²) < 4.78 is 7.04. The Balaban J connectivity index is 1.64. The van der Waals surface area contributed by atoms with Gasteiger partial charge in [0.25, 0.3) is 5.56 Å². The maximum atomic E-state index is 13.4. The molecule has 4 rings (SSSR count). The average Bonchev–Trinajstić information content (AvgIpc) is 2.81. The molecule has 1 aliphatic carbocycles. The molecule has 1 saturated carbocycles. The number of ether oxygens (including phenoxy) is 1. The lowest BCUT2D eigenvalue weighted by Gasteiger charge is -2.34. The van der Waals surface area contributed by atoms with Crippen molar-refractivity contribution in [3.05, 3.63) is 58.9 Å². The molecule has 0 radical (unpaired) electrons. The van der Waals surface area contributed by atoms with Gasteiger partial charge in [-0.2, -0.15) is 0 Å². The molecule has 0 aliphatic heterocycles. The number of nitrogens with zero attached hydrogens (tertiary/aromatic N) is 2. The zero-order valence-electron chi connectivity index (χ0n) is 18.7. The standard InChI is InChI=1S/C25H29N3O3S/c1-16-9-8-12-19(17(16)2)26-23(29)15-32-25-27-20-11-5-4-10-18(20)24(30)28(25)21-13-6-7-14-22(21)31-3/h4-7,10-11,13-14,16-17,19H,8-9,12,15H2,1-3H3,(H,26,29)/t16-,17+,19-/m0/s1. The number of amides is 1. The number of methoxy groups -OCH3 is 1. The van der Waals surface area contributed by atoms with Gasteiger partial charge in [0.15, 0.2) is 5.16 Å². The summed E-state index contributed by atoms with van der Waals surface area (Å²) in [7, 11) is 1.57. The lowest BCUT2D eigenvalue weighted by molar-refractivity contribution is -0.120. The van der Waals surface area contributed by atoms with Crippen LogP contribution in [0.3, 0.4) is 0 Å². The molecule has 1 amide bonds. The summed E-state index contributed by atoms with van der Waals surface area (Å²) >= 11 is 1.27. The van der Waals surface area contributed by atoms with Crippen LogP contribution in [-0.2, 0) is 4.79 Å². The number of benzene rings is 2. The number of hydrogen-bond acceptors (Lipinski definition) is 5. The highest BCUT2D eigenvalue weighted by Gasteiger charge is 2.28. The minimum atomic E-state index is -0.183. The minimum Gasteiger partial charge on any atom is -0.495 e. The van der Waals surface area contributed by atoms with Crippen LogP contribution in [0.2, 0.25) is 0 Å². The summed E-state index contributed by atoms with van der Waals surface area (Å²) in [6.45, 7) is 4.47. The zero-order chi connectivity index (χ0) is 22.7. The van der Waals surface area contributed by atoms with Gasteiger partial charge in [-0.15, -0.1) is 0 Å². The van der Waals surface area contributed by atoms with Gasteiger partial charge in [-0.05, 0) is 42.5 Å². The fourth-order valence-electron chi connectivity index (χ4n) is 4.40. The molecule has 3 atom stereocenters. The number of thioether (sulfide) groups is 1. The van der Waals surface area contributed by atoms with Crippen molar-refractivity contribution >= 4 is 28.6 Å². The molecular formula is C25H29N3O3S. The van der Waals surface area contributed by atoms with Crippen LogP contribution in [0, 0.1) is 11.8 Å². The van der Waals surface area contributed by atoms with Crippen molar-refractivity contribution in [3.63, 3.8) is 0 Å². The Kier molecular flexibility index (Phi) is 6.84. The Morgan fingerprint density at radius 3 is 2.72 bits per heavy atom. The molecule has 3 aromatic rings. The first kappa shape index (κ1) is 22.4. The highest BCUT2D eigenvalue weighted by Crippen LogP contribution is 2.30. The molecule has 0 unspecified atom stereocenters. The van der Waals surface area contributed by atoms with Gasteiger partial charge in [0, 0.05) is 6.04 Å². The van der Waals surface area contributed by atoms with E-state index in [9.17, 15) is 9.59 Å². The molecule has 2 aromatic carbocycles. The van der Waals surface area contributed by atoms with Crippen molar-refractivity contribution in [3.8, 4) is 11.4 Å². The van der Waals surface area contributed by atoms with E-state index >= 15 is 0 Å². The molecule has 1 N–H and O–H groups in total. The van der Waals surface area contributed by atoms with Gasteiger partial charge in [0.05, 0.1) is 29.5 Å². The van der Waals surface area contributed by atoms with E-state index in [1.807, 2.05) is 42.5 Å². The van der Waals surface area contributed by atoms with E-state index in [1.54, 1.807) is 17.7 Å². The lowest BCUT2D eigenvalue weighted by atomic mass is 9.78. The summed E-state index contributed by atoms with van der Waals surface area (Å²) in [5, 5.41) is 4.20. The fraction of sp³-hybridized carbons (Fsp3) is 0.400. The van der Waals surface area contributed by atoms with Gasteiger partial charge >= 0.3 is 0 Å². The van der Waals surface area contributed by atoms with E-state index in [4.69, 9.17) is 9.72 Å². The number of nitrogens with one attached hydrogen (secondary N) is 1. The van der Waals surface area contributed by atoms with Gasteiger partial charge in [0.1, 0.15) is 5.75 Å². The first-order valence-electron chi connectivity index (χ1n) is 11.1. The third kappa shape index (κ3) is 4.53. The van der Waals surface area contributed by atoms with E-state index in [1.165, 1.54) is 18.2 Å². The number of fused-ring (bicyclic) bond motifs is 1. The Morgan fingerprint density at radius 1 is 1.16 bits per heavy atom. The first-order valence-corrected chi connectivity index (χ1v) is 12.1. The molecule has 1 fully saturated rings.